The Bertz CT molecular complexity index is 829. The molecule has 0 fully saturated rings. The average Bonchev–Trinajstić information content (AvgIpc) is 2.73. The van der Waals surface area contributed by atoms with E-state index < -0.39 is 0 Å². The van der Waals surface area contributed by atoms with Crippen LogP contribution < -0.4 is 10.6 Å². The fourth-order valence-electron chi connectivity index (χ4n) is 3.12. The van der Waals surface area contributed by atoms with Gasteiger partial charge in [-0.25, -0.2) is 4.39 Å². The van der Waals surface area contributed by atoms with Crippen LogP contribution >= 0.6 is 0 Å². The standard InChI is InChI=1S/C23H31FN4O/c1-5-28(6-2)22(29)20-9-7-18(8-10-20)16-27-23(25-4)26-14-13-19-11-12-21(24)15-17(19)3/h7-12,15H,5-6,13-14,16H2,1-4H3,(H2,25,26,27). The van der Waals surface area contributed by atoms with Gasteiger partial charge in [0.1, 0.15) is 5.82 Å². The third kappa shape index (κ3) is 6.59. The second kappa shape index (κ2) is 11.2. The molecule has 0 saturated heterocycles. The summed E-state index contributed by atoms with van der Waals surface area (Å²) in [5.41, 5.74) is 3.84. The van der Waals surface area contributed by atoms with Crippen LogP contribution in [0, 0.1) is 12.7 Å². The lowest BCUT2D eigenvalue weighted by Crippen LogP contribution is -2.37. The number of halogens is 1. The fraction of sp³-hybridized carbons (Fsp3) is 0.391. The number of guanidine groups is 1. The summed E-state index contributed by atoms with van der Waals surface area (Å²) in [6.07, 6.45) is 0.787. The molecule has 2 rings (SSSR count). The van der Waals surface area contributed by atoms with Gasteiger partial charge in [-0.1, -0.05) is 18.2 Å². The molecule has 0 radical (unpaired) electrons. The van der Waals surface area contributed by atoms with E-state index in [9.17, 15) is 9.18 Å². The van der Waals surface area contributed by atoms with E-state index in [-0.39, 0.29) is 11.7 Å². The van der Waals surface area contributed by atoms with Crippen molar-refractivity contribution < 1.29 is 9.18 Å². The molecule has 0 bridgehead atoms. The van der Waals surface area contributed by atoms with Gasteiger partial charge in [-0.15, -0.1) is 0 Å². The molecule has 156 valence electrons. The first-order chi connectivity index (χ1) is 14.0. The van der Waals surface area contributed by atoms with E-state index in [1.807, 2.05) is 56.0 Å². The lowest BCUT2D eigenvalue weighted by Gasteiger charge is -2.18. The molecule has 0 aromatic heterocycles. The Morgan fingerprint density at radius 3 is 2.34 bits per heavy atom. The van der Waals surface area contributed by atoms with Crippen molar-refractivity contribution in [3.05, 3.63) is 70.5 Å². The molecule has 0 aliphatic heterocycles. The molecule has 0 heterocycles. The van der Waals surface area contributed by atoms with E-state index in [0.29, 0.717) is 37.7 Å². The summed E-state index contributed by atoms with van der Waals surface area (Å²) in [6.45, 7) is 8.60. The number of hydrogen-bond acceptors (Lipinski definition) is 2. The predicted octanol–water partition coefficient (Wildman–Crippen LogP) is 3.52. The maximum atomic E-state index is 13.2. The van der Waals surface area contributed by atoms with Crippen molar-refractivity contribution in [2.45, 2.75) is 33.7 Å². The van der Waals surface area contributed by atoms with Gasteiger partial charge >= 0.3 is 0 Å². The number of nitrogens with zero attached hydrogens (tertiary/aromatic N) is 2. The van der Waals surface area contributed by atoms with Crippen LogP contribution in [-0.2, 0) is 13.0 Å². The molecule has 0 aliphatic rings. The summed E-state index contributed by atoms with van der Waals surface area (Å²) >= 11 is 0. The Kier molecular flexibility index (Phi) is 8.65. The molecule has 6 heteroatoms. The predicted molar refractivity (Wildman–Crippen MR) is 117 cm³/mol. The van der Waals surface area contributed by atoms with Crippen LogP contribution in [0.1, 0.15) is 40.9 Å². The highest BCUT2D eigenvalue weighted by Gasteiger charge is 2.11. The lowest BCUT2D eigenvalue weighted by molar-refractivity contribution is 0.0773. The average molecular weight is 399 g/mol. The van der Waals surface area contributed by atoms with Crippen LogP contribution in [0.25, 0.3) is 0 Å². The van der Waals surface area contributed by atoms with E-state index in [1.54, 1.807) is 13.1 Å². The molecule has 5 nitrogen and oxygen atoms in total. The number of rotatable bonds is 8. The second-order valence-electron chi connectivity index (χ2n) is 6.85. The van der Waals surface area contributed by atoms with Crippen molar-refractivity contribution in [1.29, 1.82) is 0 Å². The summed E-state index contributed by atoms with van der Waals surface area (Å²) in [4.78, 5) is 18.4. The molecule has 2 aromatic rings. The maximum absolute atomic E-state index is 13.2. The third-order valence-electron chi connectivity index (χ3n) is 4.93. The molecular formula is C23H31FN4O. The number of carbonyl (C=O) groups excluding carboxylic acids is 1. The number of carbonyl (C=O) groups is 1. The summed E-state index contributed by atoms with van der Waals surface area (Å²) in [7, 11) is 1.73. The fourth-order valence-corrected chi connectivity index (χ4v) is 3.12. The van der Waals surface area contributed by atoms with E-state index in [4.69, 9.17) is 0 Å². The number of aryl methyl sites for hydroxylation is 1. The van der Waals surface area contributed by atoms with Crippen molar-refractivity contribution in [2.75, 3.05) is 26.7 Å². The van der Waals surface area contributed by atoms with Crippen LogP contribution in [0.2, 0.25) is 0 Å². The zero-order chi connectivity index (χ0) is 21.2. The third-order valence-corrected chi connectivity index (χ3v) is 4.93. The second-order valence-corrected chi connectivity index (χ2v) is 6.85. The molecule has 0 saturated carbocycles. The summed E-state index contributed by atoms with van der Waals surface area (Å²) in [5.74, 6) is 0.553. The van der Waals surface area contributed by atoms with Crippen molar-refractivity contribution >= 4 is 11.9 Å². The lowest BCUT2D eigenvalue weighted by atomic mass is 10.1. The summed E-state index contributed by atoms with van der Waals surface area (Å²) in [6, 6.07) is 12.5. The van der Waals surface area contributed by atoms with Gasteiger partial charge in [0.15, 0.2) is 5.96 Å². The SMILES string of the molecule is CCN(CC)C(=O)c1ccc(CNC(=NC)NCCc2ccc(F)cc2C)cc1. The molecule has 1 amide bonds. The number of aliphatic imine (C=N–C) groups is 1. The van der Waals surface area contributed by atoms with Gasteiger partial charge in [-0.3, -0.25) is 9.79 Å². The number of nitrogens with one attached hydrogen (secondary N) is 2. The summed E-state index contributed by atoms with van der Waals surface area (Å²) in [5, 5.41) is 6.55. The van der Waals surface area contributed by atoms with Crippen LogP contribution in [0.5, 0.6) is 0 Å². The Labute approximate surface area is 173 Å². The Hall–Kier alpha value is -2.89. The first-order valence-corrected chi connectivity index (χ1v) is 10.1. The highest BCUT2D eigenvalue weighted by Crippen LogP contribution is 2.10. The largest absolute Gasteiger partial charge is 0.356 e. The number of amides is 1. The normalized spacial score (nSPS) is 11.3. The molecular weight excluding hydrogens is 367 g/mol. The van der Waals surface area contributed by atoms with Crippen LogP contribution in [-0.4, -0.2) is 43.4 Å². The monoisotopic (exact) mass is 398 g/mol. The smallest absolute Gasteiger partial charge is 0.253 e. The van der Waals surface area contributed by atoms with Crippen molar-refractivity contribution in [2.24, 2.45) is 4.99 Å². The number of benzene rings is 2. The minimum absolute atomic E-state index is 0.0584. The van der Waals surface area contributed by atoms with Gasteiger partial charge in [0.2, 0.25) is 0 Å². The molecule has 29 heavy (non-hydrogen) atoms. The highest BCUT2D eigenvalue weighted by molar-refractivity contribution is 5.94. The quantitative estimate of drug-likeness (QED) is 0.528. The Balaban J connectivity index is 1.83. The van der Waals surface area contributed by atoms with Gasteiger partial charge in [0.25, 0.3) is 5.91 Å². The van der Waals surface area contributed by atoms with Crippen LogP contribution in [0.15, 0.2) is 47.5 Å². The van der Waals surface area contributed by atoms with Crippen molar-refractivity contribution in [3.63, 3.8) is 0 Å². The molecule has 0 spiro atoms. The Morgan fingerprint density at radius 1 is 1.07 bits per heavy atom. The molecule has 2 N–H and O–H groups in total. The summed E-state index contributed by atoms with van der Waals surface area (Å²) < 4.78 is 13.2. The Morgan fingerprint density at radius 2 is 1.76 bits per heavy atom. The zero-order valence-electron chi connectivity index (χ0n) is 17.8. The van der Waals surface area contributed by atoms with E-state index in [2.05, 4.69) is 15.6 Å². The van der Waals surface area contributed by atoms with Crippen molar-refractivity contribution in [3.8, 4) is 0 Å². The van der Waals surface area contributed by atoms with Crippen molar-refractivity contribution in [1.82, 2.24) is 15.5 Å². The first kappa shape index (κ1) is 22.4. The highest BCUT2D eigenvalue weighted by atomic mass is 19.1. The minimum atomic E-state index is -0.207. The van der Waals surface area contributed by atoms with Crippen LogP contribution in [0.3, 0.4) is 0 Å². The molecule has 0 aliphatic carbocycles. The molecule has 0 atom stereocenters. The van der Waals surface area contributed by atoms with Gasteiger partial charge in [0, 0.05) is 38.8 Å². The maximum Gasteiger partial charge on any atom is 0.253 e. The van der Waals surface area contributed by atoms with Crippen LogP contribution in [0.4, 0.5) is 4.39 Å². The van der Waals surface area contributed by atoms with E-state index in [0.717, 1.165) is 23.1 Å². The topological polar surface area (TPSA) is 56.7 Å². The van der Waals surface area contributed by atoms with Gasteiger partial charge in [-0.05, 0) is 68.1 Å². The minimum Gasteiger partial charge on any atom is -0.356 e. The first-order valence-electron chi connectivity index (χ1n) is 10.1. The van der Waals surface area contributed by atoms with Gasteiger partial charge in [-0.2, -0.15) is 0 Å². The zero-order valence-corrected chi connectivity index (χ0v) is 17.8. The van der Waals surface area contributed by atoms with Gasteiger partial charge in [0.05, 0.1) is 0 Å². The number of hydrogen-bond donors (Lipinski definition) is 2. The van der Waals surface area contributed by atoms with E-state index >= 15 is 0 Å². The van der Waals surface area contributed by atoms with Gasteiger partial charge < -0.3 is 15.5 Å². The molecule has 2 aromatic carbocycles. The van der Waals surface area contributed by atoms with E-state index in [1.165, 1.54) is 6.07 Å². The molecule has 0 unspecified atom stereocenters.